The molecule has 0 radical (unpaired) electrons. The van der Waals surface area contributed by atoms with Gasteiger partial charge in [0.25, 0.3) is 0 Å². The average molecular weight is 348 g/mol. The number of aryl methyl sites for hydroxylation is 1. The zero-order valence-electron chi connectivity index (χ0n) is 13.4. The second kappa shape index (κ2) is 6.07. The average Bonchev–Trinajstić information content (AvgIpc) is 2.93. The molecule has 7 heteroatoms. The van der Waals surface area contributed by atoms with Gasteiger partial charge in [-0.3, -0.25) is 0 Å². The standard InChI is InChI=1S/C18H15F3N2O2/c1-10-6-14-13(7-12(10)19)22-17-9-24-8-15(23(14)17)11-4-2-3-5-16(11)25-18(20)21/h2-7,15,18H,8-9H2,1H3/t15-/m0/s1. The van der Waals surface area contributed by atoms with Crippen LogP contribution in [-0.2, 0) is 11.3 Å². The first-order valence-corrected chi connectivity index (χ1v) is 7.83. The van der Waals surface area contributed by atoms with Crippen LogP contribution in [0.4, 0.5) is 13.2 Å². The highest BCUT2D eigenvalue weighted by molar-refractivity contribution is 5.77. The van der Waals surface area contributed by atoms with Crippen LogP contribution in [0.1, 0.15) is 23.0 Å². The predicted octanol–water partition coefficient (Wildman–Crippen LogP) is 4.20. The van der Waals surface area contributed by atoms with E-state index in [9.17, 15) is 13.2 Å². The number of fused-ring (bicyclic) bond motifs is 3. The minimum atomic E-state index is -2.92. The molecule has 1 aliphatic heterocycles. The van der Waals surface area contributed by atoms with Crippen molar-refractivity contribution >= 4 is 11.0 Å². The van der Waals surface area contributed by atoms with Gasteiger partial charge in [0.1, 0.15) is 24.0 Å². The summed E-state index contributed by atoms with van der Waals surface area (Å²) in [6.07, 6.45) is 0. The number of rotatable bonds is 3. The third-order valence-corrected chi connectivity index (χ3v) is 4.36. The SMILES string of the molecule is Cc1cc2c(cc1F)nc1n2[C@H](c2ccccc2OC(F)F)COC1. The Labute approximate surface area is 141 Å². The topological polar surface area (TPSA) is 36.3 Å². The summed E-state index contributed by atoms with van der Waals surface area (Å²) < 4.78 is 51.5. The summed E-state index contributed by atoms with van der Waals surface area (Å²) in [4.78, 5) is 4.43. The molecule has 0 saturated carbocycles. The number of nitrogens with zero attached hydrogens (tertiary/aromatic N) is 2. The second-order valence-electron chi connectivity index (χ2n) is 5.94. The number of hydrogen-bond acceptors (Lipinski definition) is 3. The molecule has 4 nitrogen and oxygen atoms in total. The molecule has 0 saturated heterocycles. The molecular formula is C18H15F3N2O2. The number of alkyl halides is 2. The lowest BCUT2D eigenvalue weighted by molar-refractivity contribution is -0.0512. The van der Waals surface area contributed by atoms with Gasteiger partial charge in [-0.1, -0.05) is 18.2 Å². The normalized spacial score (nSPS) is 17.1. The number of halogens is 3. The van der Waals surface area contributed by atoms with Crippen LogP contribution in [0.2, 0.25) is 0 Å². The van der Waals surface area contributed by atoms with E-state index in [1.807, 2.05) is 4.57 Å². The Balaban J connectivity index is 1.89. The molecule has 4 rings (SSSR count). The van der Waals surface area contributed by atoms with Gasteiger partial charge in [-0.05, 0) is 24.6 Å². The van der Waals surface area contributed by atoms with Crippen molar-refractivity contribution in [1.29, 1.82) is 0 Å². The van der Waals surface area contributed by atoms with Gasteiger partial charge in [-0.15, -0.1) is 0 Å². The maximum atomic E-state index is 13.9. The zero-order chi connectivity index (χ0) is 17.6. The summed E-state index contributed by atoms with van der Waals surface area (Å²) in [7, 11) is 0. The van der Waals surface area contributed by atoms with E-state index < -0.39 is 6.61 Å². The molecule has 0 amide bonds. The minimum absolute atomic E-state index is 0.0969. The van der Waals surface area contributed by atoms with Crippen LogP contribution in [0, 0.1) is 12.7 Å². The van der Waals surface area contributed by atoms with Crippen molar-refractivity contribution < 1.29 is 22.6 Å². The summed E-state index contributed by atoms with van der Waals surface area (Å²) in [5.41, 5.74) is 2.33. The van der Waals surface area contributed by atoms with Crippen molar-refractivity contribution in [2.75, 3.05) is 6.61 Å². The summed E-state index contributed by atoms with van der Waals surface area (Å²) >= 11 is 0. The highest BCUT2D eigenvalue weighted by Gasteiger charge is 2.28. The number of hydrogen-bond donors (Lipinski definition) is 0. The molecule has 3 aromatic rings. The van der Waals surface area contributed by atoms with Crippen molar-refractivity contribution in [2.45, 2.75) is 26.2 Å². The minimum Gasteiger partial charge on any atom is -0.434 e. The molecule has 1 aliphatic rings. The molecule has 0 unspecified atom stereocenters. The predicted molar refractivity (Wildman–Crippen MR) is 85.3 cm³/mol. The molecular weight excluding hydrogens is 333 g/mol. The molecule has 0 N–H and O–H groups in total. The molecule has 2 aromatic carbocycles. The molecule has 130 valence electrons. The van der Waals surface area contributed by atoms with Crippen molar-refractivity contribution in [1.82, 2.24) is 9.55 Å². The summed E-state index contributed by atoms with van der Waals surface area (Å²) in [5, 5.41) is 0. The van der Waals surface area contributed by atoms with E-state index in [2.05, 4.69) is 9.72 Å². The summed E-state index contributed by atoms with van der Waals surface area (Å²) in [5.74, 6) is 0.393. The third kappa shape index (κ3) is 2.74. The molecule has 0 spiro atoms. The quantitative estimate of drug-likeness (QED) is 0.712. The van der Waals surface area contributed by atoms with Crippen molar-refractivity contribution in [2.24, 2.45) is 0 Å². The van der Waals surface area contributed by atoms with Crippen LogP contribution in [0.15, 0.2) is 36.4 Å². The van der Waals surface area contributed by atoms with Crippen LogP contribution < -0.4 is 4.74 Å². The second-order valence-corrected chi connectivity index (χ2v) is 5.94. The smallest absolute Gasteiger partial charge is 0.387 e. The monoisotopic (exact) mass is 348 g/mol. The molecule has 0 fully saturated rings. The van der Waals surface area contributed by atoms with E-state index in [1.54, 1.807) is 31.2 Å². The van der Waals surface area contributed by atoms with Gasteiger partial charge in [0.15, 0.2) is 0 Å². The Morgan fingerprint density at radius 2 is 2.08 bits per heavy atom. The van der Waals surface area contributed by atoms with Gasteiger partial charge in [0.05, 0.1) is 23.7 Å². The van der Waals surface area contributed by atoms with Gasteiger partial charge in [0, 0.05) is 11.6 Å². The van der Waals surface area contributed by atoms with Crippen LogP contribution >= 0.6 is 0 Å². The van der Waals surface area contributed by atoms with Crippen LogP contribution in [0.5, 0.6) is 5.75 Å². The van der Waals surface area contributed by atoms with E-state index in [0.717, 1.165) is 5.52 Å². The van der Waals surface area contributed by atoms with Crippen molar-refractivity contribution in [3.05, 3.63) is 59.2 Å². The van der Waals surface area contributed by atoms with E-state index in [4.69, 9.17) is 4.74 Å². The van der Waals surface area contributed by atoms with E-state index in [0.29, 0.717) is 29.1 Å². The highest BCUT2D eigenvalue weighted by atomic mass is 19.3. The highest BCUT2D eigenvalue weighted by Crippen LogP contribution is 2.36. The lowest BCUT2D eigenvalue weighted by atomic mass is 10.0. The molecule has 1 aromatic heterocycles. The van der Waals surface area contributed by atoms with Gasteiger partial charge in [0.2, 0.25) is 0 Å². The Bertz CT molecular complexity index is 939. The Morgan fingerprint density at radius 3 is 2.88 bits per heavy atom. The van der Waals surface area contributed by atoms with Gasteiger partial charge < -0.3 is 14.0 Å². The first kappa shape index (κ1) is 16.0. The van der Waals surface area contributed by atoms with E-state index in [-0.39, 0.29) is 24.2 Å². The van der Waals surface area contributed by atoms with E-state index in [1.165, 1.54) is 12.1 Å². The number of aromatic nitrogens is 2. The van der Waals surface area contributed by atoms with Gasteiger partial charge in [-0.2, -0.15) is 8.78 Å². The largest absolute Gasteiger partial charge is 0.434 e. The van der Waals surface area contributed by atoms with Crippen LogP contribution in [0.3, 0.4) is 0 Å². The van der Waals surface area contributed by atoms with E-state index >= 15 is 0 Å². The molecule has 0 aliphatic carbocycles. The molecule has 0 bridgehead atoms. The number of imidazole rings is 1. The third-order valence-electron chi connectivity index (χ3n) is 4.36. The lowest BCUT2D eigenvalue weighted by Gasteiger charge is -2.28. The van der Waals surface area contributed by atoms with Crippen molar-refractivity contribution in [3.8, 4) is 5.75 Å². The van der Waals surface area contributed by atoms with Crippen LogP contribution in [-0.4, -0.2) is 22.8 Å². The fraction of sp³-hybridized carbons (Fsp3) is 0.278. The number of benzene rings is 2. The van der Waals surface area contributed by atoms with Gasteiger partial charge in [-0.25, -0.2) is 9.37 Å². The molecule has 1 atom stereocenters. The number of para-hydroxylation sites is 1. The first-order valence-electron chi connectivity index (χ1n) is 7.83. The summed E-state index contributed by atoms with van der Waals surface area (Å²) in [6, 6.07) is 9.34. The lowest BCUT2D eigenvalue weighted by Crippen LogP contribution is -2.25. The first-order chi connectivity index (χ1) is 12.0. The Kier molecular flexibility index (Phi) is 3.88. The van der Waals surface area contributed by atoms with Gasteiger partial charge >= 0.3 is 6.61 Å². The maximum absolute atomic E-state index is 13.9. The molecule has 25 heavy (non-hydrogen) atoms. The fourth-order valence-electron chi connectivity index (χ4n) is 3.24. The zero-order valence-corrected chi connectivity index (χ0v) is 13.4. The fourth-order valence-corrected chi connectivity index (χ4v) is 3.24. The summed E-state index contributed by atoms with van der Waals surface area (Å²) in [6.45, 7) is -0.667. The molecule has 2 heterocycles. The van der Waals surface area contributed by atoms with Crippen LogP contribution in [0.25, 0.3) is 11.0 Å². The maximum Gasteiger partial charge on any atom is 0.387 e. The Hall–Kier alpha value is -2.54. The number of ether oxygens (including phenoxy) is 2. The Morgan fingerprint density at radius 1 is 1.28 bits per heavy atom. The van der Waals surface area contributed by atoms with Crippen molar-refractivity contribution in [3.63, 3.8) is 0 Å².